The summed E-state index contributed by atoms with van der Waals surface area (Å²) in [4.78, 5) is 28.4. The SMILES string of the molecule is CNC(=O)[C@@H](Cc1ccccc1)N(Cc1cccc(Br)c1)C(=O)CN(c1cccc(Cl)c1C)S(C)(=O)=O. The van der Waals surface area contributed by atoms with E-state index in [1.807, 2.05) is 54.6 Å². The van der Waals surface area contributed by atoms with Crippen molar-refractivity contribution in [2.75, 3.05) is 24.2 Å². The number of likely N-dealkylation sites (N-methyl/N-ethyl adjacent to an activating group) is 1. The van der Waals surface area contributed by atoms with Gasteiger partial charge in [-0.3, -0.25) is 13.9 Å². The Labute approximate surface area is 231 Å². The Morgan fingerprint density at radius 2 is 1.65 bits per heavy atom. The smallest absolute Gasteiger partial charge is 0.244 e. The monoisotopic (exact) mass is 605 g/mol. The molecule has 3 aromatic rings. The van der Waals surface area contributed by atoms with Crippen molar-refractivity contribution in [2.45, 2.75) is 25.9 Å². The first-order valence-electron chi connectivity index (χ1n) is 11.5. The Hall–Kier alpha value is -2.88. The lowest BCUT2D eigenvalue weighted by molar-refractivity contribution is -0.139. The van der Waals surface area contributed by atoms with Crippen LogP contribution in [0, 0.1) is 6.92 Å². The molecule has 37 heavy (non-hydrogen) atoms. The first kappa shape index (κ1) is 28.7. The largest absolute Gasteiger partial charge is 0.357 e. The van der Waals surface area contributed by atoms with E-state index in [2.05, 4.69) is 21.2 Å². The average Bonchev–Trinajstić information content (AvgIpc) is 2.86. The predicted octanol–water partition coefficient (Wildman–Crippen LogP) is 4.56. The van der Waals surface area contributed by atoms with Crippen molar-refractivity contribution in [3.8, 4) is 0 Å². The highest BCUT2D eigenvalue weighted by molar-refractivity contribution is 9.10. The van der Waals surface area contributed by atoms with Gasteiger partial charge in [0.2, 0.25) is 21.8 Å². The van der Waals surface area contributed by atoms with Crippen molar-refractivity contribution >= 4 is 55.1 Å². The summed E-state index contributed by atoms with van der Waals surface area (Å²) in [6.07, 6.45) is 1.30. The van der Waals surface area contributed by atoms with Crippen molar-refractivity contribution in [1.29, 1.82) is 0 Å². The molecule has 0 aliphatic carbocycles. The third kappa shape index (κ3) is 7.56. The molecule has 0 aliphatic heterocycles. The number of nitrogens with one attached hydrogen (secondary N) is 1. The second kappa shape index (κ2) is 12.6. The van der Waals surface area contributed by atoms with Crippen LogP contribution in [0.2, 0.25) is 5.02 Å². The van der Waals surface area contributed by atoms with Gasteiger partial charge in [0, 0.05) is 29.5 Å². The molecular formula is C27H29BrClN3O4S. The number of nitrogens with zero attached hydrogens (tertiary/aromatic N) is 2. The number of hydrogen-bond donors (Lipinski definition) is 1. The van der Waals surface area contributed by atoms with Crippen LogP contribution in [0.15, 0.2) is 77.3 Å². The molecule has 1 atom stereocenters. The lowest BCUT2D eigenvalue weighted by Crippen LogP contribution is -2.53. The van der Waals surface area contributed by atoms with E-state index in [4.69, 9.17) is 11.6 Å². The molecule has 0 saturated heterocycles. The molecular weight excluding hydrogens is 578 g/mol. The molecule has 0 spiro atoms. The highest BCUT2D eigenvalue weighted by atomic mass is 79.9. The lowest BCUT2D eigenvalue weighted by atomic mass is 10.0. The van der Waals surface area contributed by atoms with Crippen LogP contribution in [-0.4, -0.2) is 51.0 Å². The van der Waals surface area contributed by atoms with Crippen molar-refractivity contribution < 1.29 is 18.0 Å². The third-order valence-electron chi connectivity index (χ3n) is 5.95. The second-order valence-corrected chi connectivity index (χ2v) is 11.9. The summed E-state index contributed by atoms with van der Waals surface area (Å²) in [5, 5.41) is 3.04. The van der Waals surface area contributed by atoms with Gasteiger partial charge in [-0.15, -0.1) is 0 Å². The van der Waals surface area contributed by atoms with Gasteiger partial charge in [-0.1, -0.05) is 76.1 Å². The number of halogens is 2. The average molecular weight is 607 g/mol. The third-order valence-corrected chi connectivity index (χ3v) is 7.98. The first-order chi connectivity index (χ1) is 17.5. The van der Waals surface area contributed by atoms with E-state index < -0.39 is 28.5 Å². The number of benzene rings is 3. The zero-order valence-electron chi connectivity index (χ0n) is 20.8. The standard InChI is InChI=1S/C27H29BrClN3O4S/c1-19-23(29)13-8-14-24(19)32(37(3,35)36)18-26(33)31(17-21-11-7-12-22(28)15-21)25(27(34)30-2)16-20-9-5-4-6-10-20/h4-15,25H,16-18H2,1-3H3,(H,30,34)/t25-/m1/s1. The number of carbonyl (C=O) groups is 2. The lowest BCUT2D eigenvalue weighted by Gasteiger charge is -2.33. The Kier molecular flexibility index (Phi) is 9.75. The number of rotatable bonds is 10. The highest BCUT2D eigenvalue weighted by Gasteiger charge is 2.33. The number of carbonyl (C=O) groups excluding carboxylic acids is 2. The summed E-state index contributed by atoms with van der Waals surface area (Å²) in [5.41, 5.74) is 2.50. The van der Waals surface area contributed by atoms with Gasteiger partial charge in [0.15, 0.2) is 0 Å². The summed E-state index contributed by atoms with van der Waals surface area (Å²) >= 11 is 9.71. The molecule has 7 nitrogen and oxygen atoms in total. The Balaban J connectivity index is 2.06. The molecule has 0 saturated carbocycles. The highest BCUT2D eigenvalue weighted by Crippen LogP contribution is 2.28. The van der Waals surface area contributed by atoms with Crippen LogP contribution in [0.5, 0.6) is 0 Å². The number of hydrogen-bond acceptors (Lipinski definition) is 4. The van der Waals surface area contributed by atoms with Crippen LogP contribution in [0.4, 0.5) is 5.69 Å². The van der Waals surface area contributed by atoms with Crippen LogP contribution in [0.3, 0.4) is 0 Å². The quantitative estimate of drug-likeness (QED) is 0.367. The fourth-order valence-electron chi connectivity index (χ4n) is 4.01. The fraction of sp³-hybridized carbons (Fsp3) is 0.259. The molecule has 0 aliphatic rings. The predicted molar refractivity (Wildman–Crippen MR) is 151 cm³/mol. The van der Waals surface area contributed by atoms with Gasteiger partial charge < -0.3 is 10.2 Å². The Morgan fingerprint density at radius 3 is 2.27 bits per heavy atom. The zero-order chi connectivity index (χ0) is 27.2. The molecule has 10 heteroatoms. The van der Waals surface area contributed by atoms with Crippen LogP contribution in [-0.2, 0) is 32.6 Å². The maximum Gasteiger partial charge on any atom is 0.244 e. The van der Waals surface area contributed by atoms with Crippen LogP contribution in [0.25, 0.3) is 0 Å². The minimum atomic E-state index is -3.86. The van der Waals surface area contributed by atoms with Gasteiger partial charge >= 0.3 is 0 Å². The fourth-order valence-corrected chi connectivity index (χ4v) is 5.53. The molecule has 0 radical (unpaired) electrons. The first-order valence-corrected chi connectivity index (χ1v) is 14.6. The van der Waals surface area contributed by atoms with E-state index in [-0.39, 0.29) is 18.9 Å². The topological polar surface area (TPSA) is 86.8 Å². The van der Waals surface area contributed by atoms with E-state index in [9.17, 15) is 18.0 Å². The summed E-state index contributed by atoms with van der Waals surface area (Å²) in [6, 6.07) is 20.8. The molecule has 0 aromatic heterocycles. The van der Waals surface area contributed by atoms with Crippen molar-refractivity contribution in [3.63, 3.8) is 0 Å². The maximum absolute atomic E-state index is 13.9. The van der Waals surface area contributed by atoms with Crippen molar-refractivity contribution in [3.05, 3.63) is 99.0 Å². The van der Waals surface area contributed by atoms with Gasteiger partial charge in [-0.05, 0) is 47.9 Å². The molecule has 1 N–H and O–H groups in total. The van der Waals surface area contributed by atoms with Gasteiger partial charge in [0.05, 0.1) is 11.9 Å². The molecule has 196 valence electrons. The van der Waals surface area contributed by atoms with E-state index in [0.29, 0.717) is 16.3 Å². The van der Waals surface area contributed by atoms with Gasteiger partial charge in [0.25, 0.3) is 0 Å². The van der Waals surface area contributed by atoms with Gasteiger partial charge in [-0.25, -0.2) is 8.42 Å². The Morgan fingerprint density at radius 1 is 1.00 bits per heavy atom. The van der Waals surface area contributed by atoms with Gasteiger partial charge in [0.1, 0.15) is 12.6 Å². The molecule has 3 rings (SSSR count). The molecule has 0 heterocycles. The number of sulfonamides is 1. The number of amides is 2. The second-order valence-electron chi connectivity index (χ2n) is 8.62. The van der Waals surface area contributed by atoms with Crippen molar-refractivity contribution in [1.82, 2.24) is 10.2 Å². The summed E-state index contributed by atoms with van der Waals surface area (Å²) in [6.45, 7) is 1.31. The molecule has 3 aromatic carbocycles. The minimum Gasteiger partial charge on any atom is -0.357 e. The summed E-state index contributed by atoms with van der Waals surface area (Å²) < 4.78 is 27.5. The van der Waals surface area contributed by atoms with Gasteiger partial charge in [-0.2, -0.15) is 0 Å². The summed E-state index contributed by atoms with van der Waals surface area (Å²) in [5.74, 6) is -0.869. The summed E-state index contributed by atoms with van der Waals surface area (Å²) in [7, 11) is -2.34. The zero-order valence-corrected chi connectivity index (χ0v) is 24.0. The molecule has 0 bridgehead atoms. The minimum absolute atomic E-state index is 0.106. The van der Waals surface area contributed by atoms with Crippen LogP contribution < -0.4 is 9.62 Å². The van der Waals surface area contributed by atoms with Crippen LogP contribution in [0.1, 0.15) is 16.7 Å². The molecule has 2 amide bonds. The number of anilines is 1. The Bertz CT molecular complexity index is 1370. The van der Waals surface area contributed by atoms with E-state index in [1.165, 1.54) is 11.9 Å². The van der Waals surface area contributed by atoms with E-state index in [0.717, 1.165) is 26.2 Å². The van der Waals surface area contributed by atoms with Crippen LogP contribution >= 0.6 is 27.5 Å². The molecule has 0 fully saturated rings. The molecule has 0 unspecified atom stereocenters. The maximum atomic E-state index is 13.9. The van der Waals surface area contributed by atoms with E-state index >= 15 is 0 Å². The van der Waals surface area contributed by atoms with Crippen molar-refractivity contribution in [2.24, 2.45) is 0 Å². The normalized spacial score (nSPS) is 12.0. The van der Waals surface area contributed by atoms with E-state index in [1.54, 1.807) is 25.1 Å².